The molecule has 1 N–H and O–H groups in total. The molecule has 0 fully saturated rings. The summed E-state index contributed by atoms with van der Waals surface area (Å²) in [5, 5.41) is 3.46. The largest absolute Gasteiger partial charge is 0.480 e. The first kappa shape index (κ1) is 15.9. The highest BCUT2D eigenvalue weighted by Gasteiger charge is 2.16. The van der Waals surface area contributed by atoms with Gasteiger partial charge in [-0.25, -0.2) is 0 Å². The Morgan fingerprint density at radius 1 is 1.29 bits per heavy atom. The summed E-state index contributed by atoms with van der Waals surface area (Å²) in [5.74, 6) is 0.373. The van der Waals surface area contributed by atoms with Gasteiger partial charge in [0.1, 0.15) is 5.75 Å². The highest BCUT2D eigenvalue weighted by molar-refractivity contribution is 9.10. The van der Waals surface area contributed by atoms with Gasteiger partial charge in [0.15, 0.2) is 6.10 Å². The van der Waals surface area contributed by atoms with E-state index in [-0.39, 0.29) is 5.91 Å². The van der Waals surface area contributed by atoms with E-state index >= 15 is 0 Å². The minimum absolute atomic E-state index is 0.203. The Kier molecular flexibility index (Phi) is 5.26. The second kappa shape index (κ2) is 6.96. The van der Waals surface area contributed by atoms with E-state index in [1.165, 1.54) is 0 Å². The van der Waals surface area contributed by atoms with Gasteiger partial charge < -0.3 is 10.1 Å². The quantitative estimate of drug-likeness (QED) is 0.840. The van der Waals surface area contributed by atoms with Crippen LogP contribution >= 0.6 is 27.5 Å². The lowest BCUT2D eigenvalue weighted by Gasteiger charge is -2.16. The zero-order valence-electron chi connectivity index (χ0n) is 11.7. The minimum atomic E-state index is -0.623. The van der Waals surface area contributed by atoms with Crippen LogP contribution in [0.4, 0.5) is 5.69 Å². The first-order chi connectivity index (χ1) is 9.97. The maximum Gasteiger partial charge on any atom is 0.265 e. The van der Waals surface area contributed by atoms with Gasteiger partial charge in [0.25, 0.3) is 5.91 Å². The third-order valence-corrected chi connectivity index (χ3v) is 3.82. The molecule has 0 spiro atoms. The number of benzene rings is 2. The normalized spacial score (nSPS) is 11.8. The second-order valence-electron chi connectivity index (χ2n) is 4.64. The maximum atomic E-state index is 12.2. The highest BCUT2D eigenvalue weighted by atomic mass is 79.9. The molecule has 21 heavy (non-hydrogen) atoms. The van der Waals surface area contributed by atoms with Crippen molar-refractivity contribution in [2.75, 3.05) is 5.32 Å². The van der Waals surface area contributed by atoms with Crippen molar-refractivity contribution in [1.29, 1.82) is 0 Å². The number of amides is 1. The summed E-state index contributed by atoms with van der Waals surface area (Å²) >= 11 is 9.24. The molecule has 110 valence electrons. The van der Waals surface area contributed by atoms with Crippen LogP contribution in [0.25, 0.3) is 0 Å². The molecule has 2 rings (SSSR count). The molecular formula is C16H15BrClNO2. The monoisotopic (exact) mass is 367 g/mol. The summed E-state index contributed by atoms with van der Waals surface area (Å²) in [6.45, 7) is 3.64. The van der Waals surface area contributed by atoms with Gasteiger partial charge in [0.2, 0.25) is 0 Å². The molecule has 0 aliphatic rings. The highest BCUT2D eigenvalue weighted by Crippen LogP contribution is 2.29. The van der Waals surface area contributed by atoms with Crippen molar-refractivity contribution >= 4 is 39.1 Å². The molecule has 0 saturated heterocycles. The number of hydrogen-bond acceptors (Lipinski definition) is 2. The third-order valence-electron chi connectivity index (χ3n) is 2.97. The fourth-order valence-corrected chi connectivity index (χ4v) is 2.54. The minimum Gasteiger partial charge on any atom is -0.480 e. The van der Waals surface area contributed by atoms with Crippen LogP contribution in [0.5, 0.6) is 5.75 Å². The standard InChI is InChI=1S/C16H15BrClNO2/c1-10-5-3-4-6-14(10)19-16(20)11(2)21-15-8-7-12(18)9-13(15)17/h3-9,11H,1-2H3,(H,19,20). The molecule has 0 aromatic heterocycles. The molecule has 1 atom stereocenters. The van der Waals surface area contributed by atoms with E-state index in [4.69, 9.17) is 16.3 Å². The van der Waals surface area contributed by atoms with Crippen molar-refractivity contribution in [3.8, 4) is 5.75 Å². The van der Waals surface area contributed by atoms with Gasteiger partial charge in [-0.1, -0.05) is 29.8 Å². The van der Waals surface area contributed by atoms with Gasteiger partial charge in [0, 0.05) is 10.7 Å². The Balaban J connectivity index is 2.04. The van der Waals surface area contributed by atoms with Crippen LogP contribution < -0.4 is 10.1 Å². The van der Waals surface area contributed by atoms with Gasteiger partial charge in [-0.2, -0.15) is 0 Å². The van der Waals surface area contributed by atoms with Crippen LogP contribution in [0.3, 0.4) is 0 Å². The molecule has 1 unspecified atom stereocenters. The fraction of sp³-hybridized carbons (Fsp3) is 0.188. The van der Waals surface area contributed by atoms with Crippen LogP contribution in [0.2, 0.25) is 5.02 Å². The number of ether oxygens (including phenoxy) is 1. The number of para-hydroxylation sites is 1. The summed E-state index contributed by atoms with van der Waals surface area (Å²) in [7, 11) is 0. The second-order valence-corrected chi connectivity index (χ2v) is 5.93. The van der Waals surface area contributed by atoms with Crippen LogP contribution in [-0.4, -0.2) is 12.0 Å². The number of anilines is 1. The van der Waals surface area contributed by atoms with Crippen molar-refractivity contribution in [3.05, 3.63) is 57.5 Å². The molecule has 0 heterocycles. The van der Waals surface area contributed by atoms with Gasteiger partial charge in [0.05, 0.1) is 4.47 Å². The zero-order chi connectivity index (χ0) is 15.4. The average Bonchev–Trinajstić information content (AvgIpc) is 2.44. The summed E-state index contributed by atoms with van der Waals surface area (Å²) in [5.41, 5.74) is 1.79. The number of carbonyl (C=O) groups is 1. The summed E-state index contributed by atoms with van der Waals surface area (Å²) < 4.78 is 6.37. The van der Waals surface area contributed by atoms with Crippen molar-refractivity contribution < 1.29 is 9.53 Å². The fourth-order valence-electron chi connectivity index (χ4n) is 1.76. The number of aryl methyl sites for hydroxylation is 1. The van der Waals surface area contributed by atoms with Crippen LogP contribution in [0, 0.1) is 6.92 Å². The number of hydrogen-bond donors (Lipinski definition) is 1. The maximum absolute atomic E-state index is 12.2. The van der Waals surface area contributed by atoms with E-state index in [0.717, 1.165) is 11.3 Å². The number of carbonyl (C=O) groups excluding carboxylic acids is 1. The van der Waals surface area contributed by atoms with E-state index in [1.807, 2.05) is 31.2 Å². The van der Waals surface area contributed by atoms with Crippen LogP contribution in [0.1, 0.15) is 12.5 Å². The predicted octanol–water partition coefficient (Wildman–Crippen LogP) is 4.82. The van der Waals surface area contributed by atoms with E-state index in [0.29, 0.717) is 15.2 Å². The first-order valence-corrected chi connectivity index (χ1v) is 7.62. The molecule has 0 saturated carbocycles. The molecule has 1 amide bonds. The van der Waals surface area contributed by atoms with E-state index in [2.05, 4.69) is 21.2 Å². The van der Waals surface area contributed by atoms with Gasteiger partial charge in [-0.3, -0.25) is 4.79 Å². The van der Waals surface area contributed by atoms with E-state index < -0.39 is 6.10 Å². The number of halogens is 2. The first-order valence-electron chi connectivity index (χ1n) is 6.45. The van der Waals surface area contributed by atoms with Crippen molar-refractivity contribution in [2.45, 2.75) is 20.0 Å². The Bertz CT molecular complexity index is 660. The zero-order valence-corrected chi connectivity index (χ0v) is 14.0. The SMILES string of the molecule is Cc1ccccc1NC(=O)C(C)Oc1ccc(Cl)cc1Br. The molecule has 0 aliphatic carbocycles. The molecule has 0 bridgehead atoms. The summed E-state index contributed by atoms with van der Waals surface area (Å²) in [6, 6.07) is 12.8. The topological polar surface area (TPSA) is 38.3 Å². The summed E-state index contributed by atoms with van der Waals surface area (Å²) in [4.78, 5) is 12.2. The smallest absolute Gasteiger partial charge is 0.265 e. The Morgan fingerprint density at radius 2 is 2.00 bits per heavy atom. The Hall–Kier alpha value is -1.52. The summed E-state index contributed by atoms with van der Waals surface area (Å²) in [6.07, 6.45) is -0.623. The van der Waals surface area contributed by atoms with E-state index in [9.17, 15) is 4.79 Å². The van der Waals surface area contributed by atoms with E-state index in [1.54, 1.807) is 25.1 Å². The molecular weight excluding hydrogens is 354 g/mol. The molecule has 2 aromatic rings. The lowest BCUT2D eigenvalue weighted by Crippen LogP contribution is -2.30. The predicted molar refractivity (Wildman–Crippen MR) is 89.1 cm³/mol. The molecule has 0 aliphatic heterocycles. The Labute approximate surface area is 137 Å². The lowest BCUT2D eigenvalue weighted by molar-refractivity contribution is -0.122. The number of rotatable bonds is 4. The molecule has 0 radical (unpaired) electrons. The Morgan fingerprint density at radius 3 is 2.67 bits per heavy atom. The van der Waals surface area contributed by atoms with Crippen molar-refractivity contribution in [1.82, 2.24) is 0 Å². The van der Waals surface area contributed by atoms with Crippen LogP contribution in [-0.2, 0) is 4.79 Å². The van der Waals surface area contributed by atoms with Gasteiger partial charge in [-0.15, -0.1) is 0 Å². The van der Waals surface area contributed by atoms with Crippen LogP contribution in [0.15, 0.2) is 46.9 Å². The third kappa shape index (κ3) is 4.22. The average molecular weight is 369 g/mol. The van der Waals surface area contributed by atoms with Gasteiger partial charge in [-0.05, 0) is 59.6 Å². The van der Waals surface area contributed by atoms with Crippen molar-refractivity contribution in [3.63, 3.8) is 0 Å². The lowest BCUT2D eigenvalue weighted by atomic mass is 10.2. The molecule has 5 heteroatoms. The molecule has 3 nitrogen and oxygen atoms in total. The number of nitrogens with one attached hydrogen (secondary N) is 1. The van der Waals surface area contributed by atoms with Crippen molar-refractivity contribution in [2.24, 2.45) is 0 Å². The molecule has 2 aromatic carbocycles. The van der Waals surface area contributed by atoms with Gasteiger partial charge >= 0.3 is 0 Å².